The summed E-state index contributed by atoms with van der Waals surface area (Å²) >= 11 is 1.42. The lowest BCUT2D eigenvalue weighted by Crippen LogP contribution is -1.97. The Morgan fingerprint density at radius 1 is 1.11 bits per heavy atom. The van der Waals surface area contributed by atoms with Crippen LogP contribution in [0.5, 0.6) is 0 Å². The van der Waals surface area contributed by atoms with Crippen molar-refractivity contribution in [3.63, 3.8) is 0 Å². The van der Waals surface area contributed by atoms with Crippen molar-refractivity contribution in [2.75, 3.05) is 0 Å². The van der Waals surface area contributed by atoms with Crippen LogP contribution in [0.15, 0.2) is 53.4 Å². The Balaban J connectivity index is 2.19. The van der Waals surface area contributed by atoms with Crippen molar-refractivity contribution in [1.29, 1.82) is 0 Å². The molecule has 0 aliphatic carbocycles. The maximum Gasteiger partial charge on any atom is 0.137 e. The Morgan fingerprint density at radius 3 is 2.50 bits per heavy atom. The van der Waals surface area contributed by atoms with Gasteiger partial charge in [0.15, 0.2) is 0 Å². The van der Waals surface area contributed by atoms with Crippen LogP contribution >= 0.6 is 11.8 Å². The summed E-state index contributed by atoms with van der Waals surface area (Å²) in [7, 11) is 0. The first-order valence-electron chi connectivity index (χ1n) is 5.81. The summed E-state index contributed by atoms with van der Waals surface area (Å²) in [6.45, 7) is 1.65. The number of halogens is 1. The average Bonchev–Trinajstić information content (AvgIpc) is 2.38. The minimum Gasteiger partial charge on any atom is -0.389 e. The van der Waals surface area contributed by atoms with Gasteiger partial charge < -0.3 is 5.11 Å². The molecule has 0 aliphatic heterocycles. The van der Waals surface area contributed by atoms with Gasteiger partial charge in [-0.05, 0) is 24.1 Å². The summed E-state index contributed by atoms with van der Waals surface area (Å²) in [6.07, 6.45) is -0.654. The monoisotopic (exact) mass is 262 g/mol. The molecule has 0 heterocycles. The molecular weight excluding hydrogens is 247 g/mol. The molecule has 0 bridgehead atoms. The van der Waals surface area contributed by atoms with Crippen LogP contribution in [0.1, 0.15) is 24.2 Å². The van der Waals surface area contributed by atoms with Gasteiger partial charge in [-0.15, -0.1) is 11.8 Å². The summed E-state index contributed by atoms with van der Waals surface area (Å²) in [5.74, 6) is 0.427. The normalized spacial score (nSPS) is 12.4. The van der Waals surface area contributed by atoms with Crippen LogP contribution in [0, 0.1) is 5.82 Å². The topological polar surface area (TPSA) is 20.2 Å². The van der Waals surface area contributed by atoms with Crippen LogP contribution in [0.4, 0.5) is 4.39 Å². The summed E-state index contributed by atoms with van der Waals surface area (Å²) in [6, 6.07) is 14.7. The number of hydrogen-bond acceptors (Lipinski definition) is 2. The highest BCUT2D eigenvalue weighted by molar-refractivity contribution is 7.98. The molecule has 0 saturated heterocycles. The minimum absolute atomic E-state index is 0.269. The molecule has 1 unspecified atom stereocenters. The van der Waals surface area contributed by atoms with Gasteiger partial charge in [-0.3, -0.25) is 0 Å². The largest absolute Gasteiger partial charge is 0.389 e. The van der Waals surface area contributed by atoms with Gasteiger partial charge in [0.05, 0.1) is 6.10 Å². The van der Waals surface area contributed by atoms with E-state index >= 15 is 0 Å². The zero-order chi connectivity index (χ0) is 13.0. The van der Waals surface area contributed by atoms with Gasteiger partial charge in [0.2, 0.25) is 0 Å². The third-order valence-corrected chi connectivity index (χ3v) is 3.87. The molecule has 0 amide bonds. The zero-order valence-electron chi connectivity index (χ0n) is 10.1. The maximum atomic E-state index is 13.8. The Morgan fingerprint density at radius 2 is 1.83 bits per heavy atom. The molecule has 0 radical (unpaired) electrons. The first kappa shape index (κ1) is 13.1. The van der Waals surface area contributed by atoms with Crippen LogP contribution < -0.4 is 0 Å². The van der Waals surface area contributed by atoms with Crippen LogP contribution in [0.25, 0.3) is 0 Å². The second-order valence-corrected chi connectivity index (χ2v) is 5.09. The number of benzene rings is 2. The van der Waals surface area contributed by atoms with Gasteiger partial charge in [-0.1, -0.05) is 42.5 Å². The van der Waals surface area contributed by atoms with Crippen molar-refractivity contribution in [2.45, 2.75) is 23.7 Å². The quantitative estimate of drug-likeness (QED) is 0.834. The van der Waals surface area contributed by atoms with E-state index in [9.17, 15) is 9.50 Å². The summed E-state index contributed by atoms with van der Waals surface area (Å²) in [5.41, 5.74) is 1.79. The molecular formula is C15H15FOS. The number of thioether (sulfide) groups is 1. The van der Waals surface area contributed by atoms with E-state index in [0.717, 1.165) is 5.56 Å². The van der Waals surface area contributed by atoms with Crippen molar-refractivity contribution in [1.82, 2.24) is 0 Å². The first-order valence-corrected chi connectivity index (χ1v) is 6.80. The highest BCUT2D eigenvalue weighted by Crippen LogP contribution is 2.32. The fourth-order valence-electron chi connectivity index (χ4n) is 1.74. The molecule has 18 heavy (non-hydrogen) atoms. The Kier molecular flexibility index (Phi) is 4.39. The van der Waals surface area contributed by atoms with Crippen molar-refractivity contribution in [3.05, 3.63) is 65.5 Å². The highest BCUT2D eigenvalue weighted by atomic mass is 32.2. The minimum atomic E-state index is -0.654. The SMILES string of the molecule is CC(O)c1cccc(F)c1SCc1ccccc1. The lowest BCUT2D eigenvalue weighted by Gasteiger charge is -2.12. The Hall–Kier alpha value is -1.32. The molecule has 0 aliphatic rings. The van der Waals surface area contributed by atoms with E-state index in [0.29, 0.717) is 16.2 Å². The predicted octanol–water partition coefficient (Wildman–Crippen LogP) is 4.17. The van der Waals surface area contributed by atoms with E-state index in [4.69, 9.17) is 0 Å². The number of aliphatic hydroxyl groups is 1. The van der Waals surface area contributed by atoms with E-state index in [2.05, 4.69) is 0 Å². The van der Waals surface area contributed by atoms with Crippen LogP contribution in [-0.4, -0.2) is 5.11 Å². The molecule has 2 rings (SSSR count). The van der Waals surface area contributed by atoms with Gasteiger partial charge in [-0.2, -0.15) is 0 Å². The summed E-state index contributed by atoms with van der Waals surface area (Å²) in [5, 5.41) is 9.65. The van der Waals surface area contributed by atoms with Crippen molar-refractivity contribution >= 4 is 11.8 Å². The van der Waals surface area contributed by atoms with Crippen LogP contribution in [-0.2, 0) is 5.75 Å². The van der Waals surface area contributed by atoms with Gasteiger partial charge in [-0.25, -0.2) is 4.39 Å². The lowest BCUT2D eigenvalue weighted by atomic mass is 10.1. The third-order valence-electron chi connectivity index (χ3n) is 2.67. The summed E-state index contributed by atoms with van der Waals surface area (Å²) < 4.78 is 13.8. The Bertz CT molecular complexity index is 511. The van der Waals surface area contributed by atoms with Crippen molar-refractivity contribution in [2.24, 2.45) is 0 Å². The molecule has 1 N–H and O–H groups in total. The fraction of sp³-hybridized carbons (Fsp3) is 0.200. The van der Waals surface area contributed by atoms with Crippen molar-refractivity contribution in [3.8, 4) is 0 Å². The lowest BCUT2D eigenvalue weighted by molar-refractivity contribution is 0.195. The number of aliphatic hydroxyl groups excluding tert-OH is 1. The second-order valence-electron chi connectivity index (χ2n) is 4.11. The van der Waals surface area contributed by atoms with Gasteiger partial charge in [0.1, 0.15) is 5.82 Å². The van der Waals surface area contributed by atoms with E-state index in [1.807, 2.05) is 30.3 Å². The maximum absolute atomic E-state index is 13.8. The van der Waals surface area contributed by atoms with Crippen LogP contribution in [0.2, 0.25) is 0 Å². The van der Waals surface area contributed by atoms with E-state index < -0.39 is 6.10 Å². The Labute approximate surface area is 111 Å². The molecule has 2 aromatic carbocycles. The molecule has 0 aromatic heterocycles. The number of rotatable bonds is 4. The summed E-state index contributed by atoms with van der Waals surface area (Å²) in [4.78, 5) is 0.538. The molecule has 0 fully saturated rings. The fourth-order valence-corrected chi connectivity index (χ4v) is 2.85. The molecule has 1 atom stereocenters. The average molecular weight is 262 g/mol. The van der Waals surface area contributed by atoms with Gasteiger partial charge >= 0.3 is 0 Å². The standard InChI is InChI=1S/C15H15FOS/c1-11(17)13-8-5-9-14(16)15(13)18-10-12-6-3-2-4-7-12/h2-9,11,17H,10H2,1H3. The molecule has 1 nitrogen and oxygen atoms in total. The predicted molar refractivity (Wildman–Crippen MR) is 73.0 cm³/mol. The second kappa shape index (κ2) is 6.03. The van der Waals surface area contributed by atoms with Gasteiger partial charge in [0, 0.05) is 10.6 Å². The molecule has 94 valence electrons. The van der Waals surface area contributed by atoms with E-state index in [1.54, 1.807) is 19.1 Å². The smallest absolute Gasteiger partial charge is 0.137 e. The first-order chi connectivity index (χ1) is 8.68. The van der Waals surface area contributed by atoms with Crippen LogP contribution in [0.3, 0.4) is 0 Å². The van der Waals surface area contributed by atoms with E-state index in [1.165, 1.54) is 17.8 Å². The molecule has 0 spiro atoms. The third kappa shape index (κ3) is 3.12. The van der Waals surface area contributed by atoms with E-state index in [-0.39, 0.29) is 5.82 Å². The van der Waals surface area contributed by atoms with Gasteiger partial charge in [0.25, 0.3) is 0 Å². The molecule has 3 heteroatoms. The zero-order valence-corrected chi connectivity index (χ0v) is 11.0. The molecule has 2 aromatic rings. The highest BCUT2D eigenvalue weighted by Gasteiger charge is 2.12. The molecule has 0 saturated carbocycles. The number of hydrogen-bond donors (Lipinski definition) is 1. The van der Waals surface area contributed by atoms with Crippen molar-refractivity contribution < 1.29 is 9.50 Å².